The van der Waals surface area contributed by atoms with Gasteiger partial charge in [0, 0.05) is 15.3 Å². The van der Waals surface area contributed by atoms with Gasteiger partial charge >= 0.3 is 59.1 Å². The second-order valence-corrected chi connectivity index (χ2v) is 5.66. The number of hydrazine groups is 1. The molecular weight excluding hydrogens is 440 g/mol. The number of ether oxygens (including phenoxy) is 1. The number of aliphatic carboxylic acids is 1. The first kappa shape index (κ1) is 26.1. The van der Waals surface area contributed by atoms with Crippen LogP contribution >= 0.6 is 15.9 Å². The third-order valence-corrected chi connectivity index (χ3v) is 3.57. The van der Waals surface area contributed by atoms with Gasteiger partial charge in [-0.15, -0.1) is 5.43 Å². The SMILES string of the molecule is COc1ccccc1N[N+](=NCC(=O)[O-])c1ccc(Br)cc1C(=O)[O-].[Na+].[Na+]. The van der Waals surface area contributed by atoms with E-state index in [1.165, 1.54) is 19.2 Å². The van der Waals surface area contributed by atoms with Crippen LogP contribution in [0.1, 0.15) is 10.4 Å². The van der Waals surface area contributed by atoms with E-state index in [2.05, 4.69) is 26.5 Å². The fourth-order valence-corrected chi connectivity index (χ4v) is 2.37. The van der Waals surface area contributed by atoms with Gasteiger partial charge in [-0.25, -0.2) is 0 Å². The van der Waals surface area contributed by atoms with Crippen molar-refractivity contribution in [3.8, 4) is 5.75 Å². The number of hydrogen-bond donors (Lipinski definition) is 1. The summed E-state index contributed by atoms with van der Waals surface area (Å²) in [6, 6.07) is 11.2. The minimum absolute atomic E-state index is 0. The first-order valence-electron chi connectivity index (χ1n) is 7.00. The standard InChI is InChI=1S/C16H14BrN3O5.2Na/c1-25-14-5-3-2-4-12(14)19-20(18-9-15(21)22)13-7-6-10(17)8-11(13)16(23)24;;/h2-8H,9H2,1H3,(H2-,18,19,21,22,23,24);;/q;2*+1/p-1. The number of azo groups is 1. The molecule has 0 aliphatic rings. The van der Waals surface area contributed by atoms with Gasteiger partial charge in [-0.3, -0.25) is 0 Å². The molecule has 1 N–H and O–H groups in total. The quantitative estimate of drug-likeness (QED) is 0.194. The number of benzene rings is 2. The van der Waals surface area contributed by atoms with E-state index in [4.69, 9.17) is 4.74 Å². The summed E-state index contributed by atoms with van der Waals surface area (Å²) in [5.41, 5.74) is 3.20. The van der Waals surface area contributed by atoms with E-state index in [0.29, 0.717) is 15.9 Å². The summed E-state index contributed by atoms with van der Waals surface area (Å²) in [5.74, 6) is -2.39. The molecule has 27 heavy (non-hydrogen) atoms. The van der Waals surface area contributed by atoms with E-state index >= 15 is 0 Å². The molecule has 0 spiro atoms. The van der Waals surface area contributed by atoms with Gasteiger partial charge in [-0.2, -0.15) is 0 Å². The molecular formula is C16H13BrN3Na2O5+. The summed E-state index contributed by atoms with van der Waals surface area (Å²) in [4.78, 5) is 23.2. The van der Waals surface area contributed by atoms with Gasteiger partial charge in [-0.1, -0.05) is 28.1 Å². The molecule has 0 aliphatic heterocycles. The average molecular weight is 453 g/mol. The fourth-order valence-electron chi connectivity index (χ4n) is 2.01. The number of aromatic carboxylic acids is 1. The van der Waals surface area contributed by atoms with Crippen molar-refractivity contribution in [3.63, 3.8) is 0 Å². The maximum absolute atomic E-state index is 11.4. The molecule has 0 aromatic heterocycles. The van der Waals surface area contributed by atoms with Crippen LogP contribution in [0.25, 0.3) is 0 Å². The molecule has 2 rings (SSSR count). The van der Waals surface area contributed by atoms with Crippen molar-refractivity contribution in [1.29, 1.82) is 0 Å². The van der Waals surface area contributed by atoms with Crippen LogP contribution < -0.4 is 79.5 Å². The van der Waals surface area contributed by atoms with Crippen molar-refractivity contribution >= 4 is 39.2 Å². The Bertz CT molecular complexity index is 849. The molecule has 8 nitrogen and oxygen atoms in total. The molecule has 0 radical (unpaired) electrons. The van der Waals surface area contributed by atoms with Gasteiger partial charge in [-0.05, 0) is 29.4 Å². The second-order valence-electron chi connectivity index (χ2n) is 4.74. The first-order chi connectivity index (χ1) is 11.9. The van der Waals surface area contributed by atoms with E-state index in [1.54, 1.807) is 30.3 Å². The van der Waals surface area contributed by atoms with Gasteiger partial charge in [0.2, 0.25) is 0 Å². The number of anilines is 1. The number of nitrogens with zero attached hydrogens (tertiary/aromatic N) is 2. The van der Waals surface area contributed by atoms with Gasteiger partial charge in [0.15, 0.2) is 0 Å². The van der Waals surface area contributed by atoms with E-state index in [-0.39, 0.29) is 70.4 Å². The smallest absolute Gasteiger partial charge is 0.548 e. The van der Waals surface area contributed by atoms with Crippen molar-refractivity contribution in [2.24, 2.45) is 5.11 Å². The van der Waals surface area contributed by atoms with Crippen molar-refractivity contribution < 1.29 is 88.5 Å². The summed E-state index contributed by atoms with van der Waals surface area (Å²) < 4.78 is 5.73. The van der Waals surface area contributed by atoms with Crippen LogP contribution in [0, 0.1) is 0 Å². The van der Waals surface area contributed by atoms with Crippen molar-refractivity contribution in [1.82, 2.24) is 0 Å². The van der Waals surface area contributed by atoms with Crippen molar-refractivity contribution in [2.75, 3.05) is 19.1 Å². The third-order valence-electron chi connectivity index (χ3n) is 3.08. The maximum atomic E-state index is 11.4. The molecule has 0 amide bonds. The molecule has 0 atom stereocenters. The Labute approximate surface area is 208 Å². The largest absolute Gasteiger partial charge is 1.00 e. The van der Waals surface area contributed by atoms with Gasteiger partial charge in [0.05, 0.1) is 24.6 Å². The van der Waals surface area contributed by atoms with Crippen molar-refractivity contribution in [2.45, 2.75) is 0 Å². The zero-order valence-electron chi connectivity index (χ0n) is 15.1. The van der Waals surface area contributed by atoms with E-state index in [9.17, 15) is 19.8 Å². The first-order valence-corrected chi connectivity index (χ1v) is 7.79. The third kappa shape index (κ3) is 7.53. The molecule has 2 aromatic carbocycles. The van der Waals surface area contributed by atoms with Gasteiger partial charge < -0.3 is 24.5 Å². The van der Waals surface area contributed by atoms with Crippen LogP contribution in [-0.2, 0) is 4.79 Å². The molecule has 130 valence electrons. The average Bonchev–Trinajstić information content (AvgIpc) is 2.58. The molecule has 0 fully saturated rings. The molecule has 0 bridgehead atoms. The molecule has 0 saturated carbocycles. The van der Waals surface area contributed by atoms with Crippen LogP contribution in [0.3, 0.4) is 0 Å². The number of carboxylic acid groups (broad SMARTS) is 2. The van der Waals surface area contributed by atoms with Gasteiger partial charge in [0.1, 0.15) is 18.0 Å². The van der Waals surface area contributed by atoms with Crippen LogP contribution in [0.2, 0.25) is 0 Å². The minimum Gasteiger partial charge on any atom is -0.548 e. The Balaban J connectivity index is 0.00000338. The summed E-state index contributed by atoms with van der Waals surface area (Å²) in [6.45, 7) is -0.676. The number of halogens is 1. The zero-order chi connectivity index (χ0) is 18.4. The molecule has 0 heterocycles. The Morgan fingerprint density at radius 2 is 1.85 bits per heavy atom. The number of carboxylic acids is 2. The summed E-state index contributed by atoms with van der Waals surface area (Å²) in [5, 5.41) is 26.0. The van der Waals surface area contributed by atoms with E-state index in [0.717, 1.165) is 4.81 Å². The molecule has 11 heteroatoms. The van der Waals surface area contributed by atoms with E-state index < -0.39 is 18.5 Å². The normalized spacial score (nSPS) is 10.2. The monoisotopic (exact) mass is 452 g/mol. The van der Waals surface area contributed by atoms with Crippen LogP contribution in [0.15, 0.2) is 52.1 Å². The predicted octanol–water partition coefficient (Wildman–Crippen LogP) is -5.30. The molecule has 0 unspecified atom stereocenters. The summed E-state index contributed by atoms with van der Waals surface area (Å²) >= 11 is 3.18. The molecule has 2 aromatic rings. The Morgan fingerprint density at radius 1 is 1.19 bits per heavy atom. The second kappa shape index (κ2) is 12.5. The minimum atomic E-state index is -1.44. The van der Waals surface area contributed by atoms with E-state index in [1.807, 2.05) is 0 Å². The zero-order valence-corrected chi connectivity index (χ0v) is 20.6. The number of carbonyl (C=O) groups is 2. The molecule has 0 aliphatic carbocycles. The number of methoxy groups -OCH3 is 1. The number of para-hydroxylation sites is 2. The summed E-state index contributed by atoms with van der Waals surface area (Å²) in [6.07, 6.45) is 0. The number of hydrogen-bond acceptors (Lipinski definition) is 6. The number of carbonyl (C=O) groups excluding carboxylic acids is 2. The Hall–Kier alpha value is -0.940. The predicted molar refractivity (Wildman–Crippen MR) is 87.3 cm³/mol. The summed E-state index contributed by atoms with van der Waals surface area (Å²) in [7, 11) is 1.47. The van der Waals surface area contributed by atoms with Crippen LogP contribution in [0.4, 0.5) is 11.4 Å². The molecule has 0 saturated heterocycles. The number of rotatable bonds is 7. The Morgan fingerprint density at radius 3 is 2.44 bits per heavy atom. The van der Waals surface area contributed by atoms with Crippen molar-refractivity contribution in [3.05, 3.63) is 52.5 Å². The van der Waals surface area contributed by atoms with Crippen LogP contribution in [0.5, 0.6) is 5.75 Å². The van der Waals surface area contributed by atoms with Gasteiger partial charge in [0.25, 0.3) is 5.69 Å². The maximum Gasteiger partial charge on any atom is 1.00 e. The Kier molecular flexibility index (Phi) is 12.1. The number of nitrogens with one attached hydrogen (secondary N) is 1. The topological polar surface area (TPSA) is 117 Å². The fraction of sp³-hybridized carbons (Fsp3) is 0.125. The van der Waals surface area contributed by atoms with Crippen LogP contribution in [-0.4, -0.2) is 30.4 Å².